The van der Waals surface area contributed by atoms with Crippen LogP contribution in [0, 0.1) is 0 Å². The number of amides is 1. The van der Waals surface area contributed by atoms with Crippen LogP contribution in [-0.4, -0.2) is 27.8 Å². The molecule has 0 atom stereocenters. The molecule has 0 unspecified atom stereocenters. The summed E-state index contributed by atoms with van der Waals surface area (Å²) in [4.78, 5) is 15.5. The average Bonchev–Trinajstić information content (AvgIpc) is 3.02. The van der Waals surface area contributed by atoms with Crippen molar-refractivity contribution in [2.75, 3.05) is 6.61 Å². The van der Waals surface area contributed by atoms with E-state index in [1.54, 1.807) is 0 Å². The first-order valence-corrected chi connectivity index (χ1v) is 12.4. The van der Waals surface area contributed by atoms with Gasteiger partial charge in [-0.1, -0.05) is 94.4 Å². The summed E-state index contributed by atoms with van der Waals surface area (Å²) in [5.74, 6) is 0.973. The third-order valence-corrected chi connectivity index (χ3v) is 7.04. The molecule has 0 radical (unpaired) electrons. The summed E-state index contributed by atoms with van der Waals surface area (Å²) in [5.41, 5.74) is 1.01. The lowest BCUT2D eigenvalue weighted by Gasteiger charge is -2.29. The maximum atomic E-state index is 12.9. The molecule has 0 N–H and O–H groups in total. The summed E-state index contributed by atoms with van der Waals surface area (Å²) in [6.45, 7) is 3.01. The van der Waals surface area contributed by atoms with Gasteiger partial charge in [0.15, 0.2) is 0 Å². The Balaban J connectivity index is 1.49. The fourth-order valence-electron chi connectivity index (χ4n) is 4.02. The topological polar surface area (TPSA) is 29.5 Å². The molecule has 1 heterocycles. The highest BCUT2D eigenvalue weighted by Gasteiger charge is 2.37. The minimum Gasteiger partial charge on any atom is -0.494 e. The first kappa shape index (κ1) is 22.4. The third kappa shape index (κ3) is 6.58. The number of unbranched alkanes of at least 4 members (excludes halogenated alkanes) is 5. The quantitative estimate of drug-likeness (QED) is 0.227. The Hall–Kier alpha value is -1.33. The highest BCUT2D eigenvalue weighted by atomic mass is 32.2. The van der Waals surface area contributed by atoms with Crippen LogP contribution < -0.4 is 4.74 Å². The number of nitrogens with zero attached hydrogens (tertiary/aromatic N) is 1. The normalized spacial score (nSPS) is 19.3. The Labute approximate surface area is 185 Å². The van der Waals surface area contributed by atoms with Crippen LogP contribution in [-0.2, 0) is 4.79 Å². The number of carbonyl (C=O) groups is 1. The minimum absolute atomic E-state index is 0.0790. The van der Waals surface area contributed by atoms with Crippen LogP contribution in [0.2, 0.25) is 0 Å². The van der Waals surface area contributed by atoms with Crippen LogP contribution in [0.1, 0.15) is 83.1 Å². The fourth-order valence-corrected chi connectivity index (χ4v) is 5.42. The summed E-state index contributed by atoms with van der Waals surface area (Å²) in [7, 11) is 0. The second-order valence-corrected chi connectivity index (χ2v) is 9.70. The van der Waals surface area contributed by atoms with Gasteiger partial charge in [-0.25, -0.2) is 0 Å². The van der Waals surface area contributed by atoms with Crippen LogP contribution in [0.4, 0.5) is 0 Å². The zero-order chi connectivity index (χ0) is 20.5. The Morgan fingerprint density at radius 3 is 2.48 bits per heavy atom. The molecule has 0 bridgehead atoms. The van der Waals surface area contributed by atoms with Gasteiger partial charge in [0.1, 0.15) is 10.1 Å². The van der Waals surface area contributed by atoms with Crippen LogP contribution in [0.25, 0.3) is 6.08 Å². The number of benzene rings is 1. The van der Waals surface area contributed by atoms with Crippen molar-refractivity contribution in [3.05, 3.63) is 34.7 Å². The molecule has 1 saturated heterocycles. The smallest absolute Gasteiger partial charge is 0.266 e. The molecule has 0 spiro atoms. The van der Waals surface area contributed by atoms with E-state index in [0.29, 0.717) is 10.4 Å². The van der Waals surface area contributed by atoms with Gasteiger partial charge in [0.05, 0.1) is 11.5 Å². The SMILES string of the molecule is CCCCCCCCOc1ccc(/C=C2\SC(=S)N(C3CCCCC3)C2=O)cc1. The van der Waals surface area contributed by atoms with Gasteiger partial charge in [-0.2, -0.15) is 0 Å². The minimum atomic E-state index is 0.0790. The molecule has 2 aliphatic rings. The second-order valence-electron chi connectivity index (χ2n) is 8.03. The molecule has 5 heteroatoms. The van der Waals surface area contributed by atoms with E-state index in [0.717, 1.165) is 42.1 Å². The monoisotopic (exact) mass is 431 g/mol. The van der Waals surface area contributed by atoms with E-state index in [2.05, 4.69) is 6.92 Å². The summed E-state index contributed by atoms with van der Waals surface area (Å²) in [5, 5.41) is 0. The molecule has 158 valence electrons. The molecule has 3 nitrogen and oxygen atoms in total. The molecule has 1 aliphatic carbocycles. The number of hydrogen-bond donors (Lipinski definition) is 0. The van der Waals surface area contributed by atoms with Gasteiger partial charge < -0.3 is 4.74 Å². The van der Waals surface area contributed by atoms with Crippen LogP contribution in [0.5, 0.6) is 5.75 Å². The molecule has 3 rings (SSSR count). The number of carbonyl (C=O) groups excluding carboxylic acids is 1. The van der Waals surface area contributed by atoms with Crippen LogP contribution in [0.15, 0.2) is 29.2 Å². The zero-order valence-electron chi connectivity index (χ0n) is 17.5. The Morgan fingerprint density at radius 1 is 1.07 bits per heavy atom. The van der Waals surface area contributed by atoms with Gasteiger partial charge >= 0.3 is 0 Å². The molecule has 2 fully saturated rings. The largest absolute Gasteiger partial charge is 0.494 e. The van der Waals surface area contributed by atoms with Gasteiger partial charge in [-0.15, -0.1) is 0 Å². The van der Waals surface area contributed by atoms with Crippen molar-refractivity contribution in [3.8, 4) is 5.75 Å². The lowest BCUT2D eigenvalue weighted by Crippen LogP contribution is -2.39. The Kier molecular flexibility index (Phi) is 9.06. The first-order valence-electron chi connectivity index (χ1n) is 11.2. The summed E-state index contributed by atoms with van der Waals surface area (Å²) in [6.07, 6.45) is 15.4. The van der Waals surface area contributed by atoms with E-state index in [-0.39, 0.29) is 5.91 Å². The van der Waals surface area contributed by atoms with E-state index in [4.69, 9.17) is 17.0 Å². The van der Waals surface area contributed by atoms with Crippen molar-refractivity contribution < 1.29 is 9.53 Å². The highest BCUT2D eigenvalue weighted by molar-refractivity contribution is 8.26. The highest BCUT2D eigenvalue weighted by Crippen LogP contribution is 2.37. The molecule has 1 saturated carbocycles. The van der Waals surface area contributed by atoms with Crippen molar-refractivity contribution >= 4 is 40.3 Å². The van der Waals surface area contributed by atoms with E-state index in [1.165, 1.54) is 63.1 Å². The van der Waals surface area contributed by atoms with Gasteiger partial charge in [0.25, 0.3) is 5.91 Å². The van der Waals surface area contributed by atoms with E-state index in [1.807, 2.05) is 35.2 Å². The van der Waals surface area contributed by atoms with Crippen LogP contribution >= 0.6 is 24.0 Å². The maximum Gasteiger partial charge on any atom is 0.266 e. The predicted molar refractivity (Wildman–Crippen MR) is 127 cm³/mol. The number of thioether (sulfide) groups is 1. The zero-order valence-corrected chi connectivity index (χ0v) is 19.2. The Morgan fingerprint density at radius 2 is 1.76 bits per heavy atom. The summed E-state index contributed by atoms with van der Waals surface area (Å²) < 4.78 is 6.57. The second kappa shape index (κ2) is 11.8. The molecule has 29 heavy (non-hydrogen) atoms. The average molecular weight is 432 g/mol. The molecular formula is C24H33NO2S2. The lowest BCUT2D eigenvalue weighted by molar-refractivity contribution is -0.124. The number of hydrogen-bond acceptors (Lipinski definition) is 4. The van der Waals surface area contributed by atoms with Crippen molar-refractivity contribution in [1.82, 2.24) is 4.90 Å². The number of rotatable bonds is 10. The molecule has 0 aromatic heterocycles. The van der Waals surface area contributed by atoms with Gasteiger partial charge in [0, 0.05) is 6.04 Å². The van der Waals surface area contributed by atoms with Crippen molar-refractivity contribution in [3.63, 3.8) is 0 Å². The number of ether oxygens (including phenoxy) is 1. The van der Waals surface area contributed by atoms with Gasteiger partial charge in [0.2, 0.25) is 0 Å². The number of thiocarbonyl (C=S) groups is 1. The standard InChI is InChI=1S/C24H33NO2S2/c1-2-3-4-5-6-10-17-27-21-15-13-19(14-16-21)18-22-23(26)25(24(28)29-22)20-11-8-7-9-12-20/h13-16,18,20H,2-12,17H2,1H3/b22-18-. The third-order valence-electron chi connectivity index (χ3n) is 5.71. The van der Waals surface area contributed by atoms with Crippen molar-refractivity contribution in [2.24, 2.45) is 0 Å². The first-order chi connectivity index (χ1) is 14.2. The summed E-state index contributed by atoms with van der Waals surface area (Å²) >= 11 is 6.95. The van der Waals surface area contributed by atoms with Gasteiger partial charge in [-0.05, 0) is 43.0 Å². The molecule has 1 aromatic carbocycles. The van der Waals surface area contributed by atoms with E-state index < -0.39 is 0 Å². The van der Waals surface area contributed by atoms with E-state index in [9.17, 15) is 4.79 Å². The molecular weight excluding hydrogens is 398 g/mol. The molecule has 1 aromatic rings. The molecule has 1 amide bonds. The fraction of sp³-hybridized carbons (Fsp3) is 0.583. The lowest BCUT2D eigenvalue weighted by atomic mass is 9.94. The molecule has 1 aliphatic heterocycles. The Bertz CT molecular complexity index is 708. The van der Waals surface area contributed by atoms with Gasteiger partial charge in [-0.3, -0.25) is 9.69 Å². The van der Waals surface area contributed by atoms with E-state index >= 15 is 0 Å². The van der Waals surface area contributed by atoms with Crippen molar-refractivity contribution in [2.45, 2.75) is 83.6 Å². The summed E-state index contributed by atoms with van der Waals surface area (Å²) in [6, 6.07) is 8.31. The van der Waals surface area contributed by atoms with Crippen LogP contribution in [0.3, 0.4) is 0 Å². The predicted octanol–water partition coefficient (Wildman–Crippen LogP) is 6.96. The van der Waals surface area contributed by atoms with Crippen molar-refractivity contribution in [1.29, 1.82) is 0 Å². The maximum absolute atomic E-state index is 12.9.